The lowest BCUT2D eigenvalue weighted by molar-refractivity contribution is 0.672. The van der Waals surface area contributed by atoms with Crippen LogP contribution >= 0.6 is 0 Å². The molecule has 0 amide bonds. The van der Waals surface area contributed by atoms with Crippen LogP contribution in [0.2, 0.25) is 0 Å². The molecule has 50 heavy (non-hydrogen) atoms. The van der Waals surface area contributed by atoms with E-state index in [1.165, 1.54) is 38.2 Å². The lowest BCUT2D eigenvalue weighted by Gasteiger charge is -2.27. The van der Waals surface area contributed by atoms with E-state index in [1.807, 2.05) is 12.3 Å². The molecule has 0 saturated carbocycles. The first-order valence-electron chi connectivity index (χ1n) is 16.9. The van der Waals surface area contributed by atoms with Crippen molar-refractivity contribution < 1.29 is 4.42 Å². The van der Waals surface area contributed by atoms with Crippen molar-refractivity contribution >= 4 is 71.4 Å². The van der Waals surface area contributed by atoms with E-state index in [9.17, 15) is 0 Å². The average molecular weight is 639 g/mol. The lowest BCUT2D eigenvalue weighted by atomic mass is 9.97. The highest BCUT2D eigenvalue weighted by Gasteiger charge is 2.18. The van der Waals surface area contributed by atoms with Crippen LogP contribution in [-0.4, -0.2) is 4.98 Å². The van der Waals surface area contributed by atoms with Crippen molar-refractivity contribution in [3.63, 3.8) is 0 Å². The van der Waals surface area contributed by atoms with Crippen molar-refractivity contribution in [2.45, 2.75) is 0 Å². The number of aromatic nitrogens is 1. The Hall–Kier alpha value is -6.71. The van der Waals surface area contributed by atoms with Gasteiger partial charge < -0.3 is 9.32 Å². The molecule has 2 heterocycles. The van der Waals surface area contributed by atoms with Crippen molar-refractivity contribution in [1.29, 1.82) is 0 Å². The summed E-state index contributed by atoms with van der Waals surface area (Å²) in [5.74, 6) is 0. The van der Waals surface area contributed by atoms with Crippen LogP contribution in [0.1, 0.15) is 0 Å². The number of nitrogens with zero attached hydrogens (tertiary/aromatic N) is 2. The third-order valence-corrected chi connectivity index (χ3v) is 9.85. The Morgan fingerprint density at radius 2 is 1.10 bits per heavy atom. The molecular formula is C47H30N2O. The Kier molecular flexibility index (Phi) is 6.49. The zero-order valence-electron chi connectivity index (χ0n) is 27.1. The van der Waals surface area contributed by atoms with E-state index >= 15 is 0 Å². The van der Waals surface area contributed by atoms with Crippen LogP contribution in [0, 0.1) is 0 Å². The molecule has 2 aromatic heterocycles. The number of benzene rings is 8. The maximum absolute atomic E-state index is 6.48. The molecule has 0 radical (unpaired) electrons. The first-order valence-corrected chi connectivity index (χ1v) is 16.9. The topological polar surface area (TPSA) is 29.3 Å². The molecule has 0 aliphatic heterocycles. The maximum atomic E-state index is 6.48. The minimum absolute atomic E-state index is 0.856. The summed E-state index contributed by atoms with van der Waals surface area (Å²) in [6, 6.07) is 62.9. The fraction of sp³-hybridized carbons (Fsp3) is 0. The quantitative estimate of drug-likeness (QED) is 0.188. The second kappa shape index (κ2) is 11.5. The average Bonchev–Trinajstić information content (AvgIpc) is 3.56. The summed E-state index contributed by atoms with van der Waals surface area (Å²) >= 11 is 0. The predicted molar refractivity (Wildman–Crippen MR) is 210 cm³/mol. The molecule has 0 bridgehead atoms. The summed E-state index contributed by atoms with van der Waals surface area (Å²) in [6.07, 6.45) is 1.82. The largest absolute Gasteiger partial charge is 0.455 e. The third kappa shape index (κ3) is 4.71. The van der Waals surface area contributed by atoms with Crippen molar-refractivity contribution in [3.8, 4) is 22.3 Å². The minimum Gasteiger partial charge on any atom is -0.455 e. The Morgan fingerprint density at radius 3 is 2.00 bits per heavy atom. The van der Waals surface area contributed by atoms with Crippen molar-refractivity contribution in [2.75, 3.05) is 4.90 Å². The highest BCUT2D eigenvalue weighted by atomic mass is 16.3. The summed E-state index contributed by atoms with van der Waals surface area (Å²) in [5.41, 5.74) is 10.6. The van der Waals surface area contributed by atoms with Crippen LogP contribution in [0.3, 0.4) is 0 Å². The molecule has 0 unspecified atom stereocenters. The molecule has 3 nitrogen and oxygen atoms in total. The van der Waals surface area contributed by atoms with Gasteiger partial charge in [0.05, 0.1) is 5.52 Å². The van der Waals surface area contributed by atoms with E-state index in [4.69, 9.17) is 4.42 Å². The van der Waals surface area contributed by atoms with Gasteiger partial charge in [-0.15, -0.1) is 0 Å². The Labute approximate surface area is 289 Å². The molecule has 10 rings (SSSR count). The van der Waals surface area contributed by atoms with Crippen LogP contribution < -0.4 is 4.90 Å². The third-order valence-electron chi connectivity index (χ3n) is 9.85. The number of rotatable bonds is 5. The molecule has 0 N–H and O–H groups in total. The summed E-state index contributed by atoms with van der Waals surface area (Å²) < 4.78 is 6.48. The van der Waals surface area contributed by atoms with E-state index in [0.717, 1.165) is 55.5 Å². The fourth-order valence-electron chi connectivity index (χ4n) is 7.44. The Morgan fingerprint density at radius 1 is 0.400 bits per heavy atom. The predicted octanol–water partition coefficient (Wildman–Crippen LogP) is 13.2. The van der Waals surface area contributed by atoms with Gasteiger partial charge in [0.25, 0.3) is 0 Å². The summed E-state index contributed by atoms with van der Waals surface area (Å²) in [6.45, 7) is 0. The van der Waals surface area contributed by atoms with Gasteiger partial charge in [-0.1, -0.05) is 103 Å². The van der Waals surface area contributed by atoms with Gasteiger partial charge in [0.15, 0.2) is 0 Å². The molecule has 0 fully saturated rings. The van der Waals surface area contributed by atoms with E-state index in [0.29, 0.717) is 0 Å². The second-order valence-electron chi connectivity index (χ2n) is 12.8. The van der Waals surface area contributed by atoms with Crippen LogP contribution in [-0.2, 0) is 0 Å². The summed E-state index contributed by atoms with van der Waals surface area (Å²) in [7, 11) is 0. The van der Waals surface area contributed by atoms with Gasteiger partial charge in [0, 0.05) is 39.4 Å². The summed E-state index contributed by atoms with van der Waals surface area (Å²) in [4.78, 5) is 6.92. The molecular weight excluding hydrogens is 609 g/mol. The molecule has 0 aliphatic rings. The molecule has 0 atom stereocenters. The van der Waals surface area contributed by atoms with E-state index < -0.39 is 0 Å². The number of hydrogen-bond donors (Lipinski definition) is 0. The first-order chi connectivity index (χ1) is 24.8. The minimum atomic E-state index is 0.856. The fourth-order valence-corrected chi connectivity index (χ4v) is 7.44. The molecule has 10 aromatic rings. The van der Waals surface area contributed by atoms with Crippen LogP contribution in [0.25, 0.3) is 76.6 Å². The molecule has 3 heteroatoms. The SMILES string of the molecule is c1cc(-c2ccc3ccccc3c2)cc(N(c2cccc(-c3cccc4ccccc34)c2)c2ccc3oc4c5cccnc5ccc4c3c2)c1. The molecule has 8 aromatic carbocycles. The van der Waals surface area contributed by atoms with Gasteiger partial charge in [-0.25, -0.2) is 0 Å². The van der Waals surface area contributed by atoms with E-state index in [1.54, 1.807) is 0 Å². The number of anilines is 3. The standard InChI is InChI=1S/C47H30N2O/c1-2-11-33-27-35(21-20-31(33)9-1)34-13-5-15-37(28-34)49(38-16-6-14-36(29-38)41-18-7-12-32-10-3-4-17-40(32)41)39-22-25-46-44(30-39)42-23-24-45-43(47(42)50-46)19-8-26-48-45/h1-30H. The highest BCUT2D eigenvalue weighted by Crippen LogP contribution is 2.42. The number of hydrogen-bond acceptors (Lipinski definition) is 3. The summed E-state index contributed by atoms with van der Waals surface area (Å²) in [5, 5.41) is 8.12. The van der Waals surface area contributed by atoms with Gasteiger partial charge in [0.1, 0.15) is 11.2 Å². The van der Waals surface area contributed by atoms with Gasteiger partial charge in [-0.05, 0) is 117 Å². The molecule has 0 spiro atoms. The monoisotopic (exact) mass is 638 g/mol. The van der Waals surface area contributed by atoms with E-state index in [2.05, 4.69) is 180 Å². The van der Waals surface area contributed by atoms with Crippen LogP contribution in [0.5, 0.6) is 0 Å². The van der Waals surface area contributed by atoms with Crippen molar-refractivity contribution in [2.24, 2.45) is 0 Å². The smallest absolute Gasteiger partial charge is 0.144 e. The number of pyridine rings is 1. The van der Waals surface area contributed by atoms with Crippen LogP contribution in [0.15, 0.2) is 187 Å². The zero-order chi connectivity index (χ0) is 33.0. The zero-order valence-corrected chi connectivity index (χ0v) is 27.1. The van der Waals surface area contributed by atoms with Gasteiger partial charge in [-0.3, -0.25) is 4.98 Å². The van der Waals surface area contributed by atoms with Gasteiger partial charge >= 0.3 is 0 Å². The van der Waals surface area contributed by atoms with Crippen molar-refractivity contribution in [3.05, 3.63) is 182 Å². The normalized spacial score (nSPS) is 11.6. The van der Waals surface area contributed by atoms with Crippen LogP contribution in [0.4, 0.5) is 17.1 Å². The second-order valence-corrected chi connectivity index (χ2v) is 12.8. The molecule has 0 aliphatic carbocycles. The van der Waals surface area contributed by atoms with Gasteiger partial charge in [0.2, 0.25) is 0 Å². The first kappa shape index (κ1) is 28.3. The molecule has 0 saturated heterocycles. The number of furan rings is 1. The maximum Gasteiger partial charge on any atom is 0.144 e. The molecule has 234 valence electrons. The lowest BCUT2D eigenvalue weighted by Crippen LogP contribution is -2.10. The highest BCUT2D eigenvalue weighted by molar-refractivity contribution is 6.15. The van der Waals surface area contributed by atoms with Crippen molar-refractivity contribution in [1.82, 2.24) is 4.98 Å². The number of fused-ring (bicyclic) bond motifs is 7. The van der Waals surface area contributed by atoms with E-state index in [-0.39, 0.29) is 0 Å². The Balaban J connectivity index is 1.17. The van der Waals surface area contributed by atoms with Gasteiger partial charge in [-0.2, -0.15) is 0 Å². The Bertz CT molecular complexity index is 2900.